The number of nitrogens with one attached hydrogen (secondary N) is 2. The van der Waals surface area contributed by atoms with Crippen molar-refractivity contribution in [2.24, 2.45) is 0 Å². The maximum atomic E-state index is 13.5. The third-order valence-electron chi connectivity index (χ3n) is 3.41. The molecule has 0 aromatic heterocycles. The number of hydrazine groups is 1. The van der Waals surface area contributed by atoms with Gasteiger partial charge in [-0.3, -0.25) is 20.4 Å². The lowest BCUT2D eigenvalue weighted by atomic mass is 10.2. The zero-order valence-electron chi connectivity index (χ0n) is 15.3. The molecular formula is C20H21FN2O4. The molecule has 0 saturated heterocycles. The van der Waals surface area contributed by atoms with Crippen LogP contribution >= 0.6 is 0 Å². The number of ether oxygens (including phenoxy) is 2. The summed E-state index contributed by atoms with van der Waals surface area (Å²) in [4.78, 5) is 24.0. The van der Waals surface area contributed by atoms with E-state index in [4.69, 9.17) is 9.47 Å². The quantitative estimate of drug-likeness (QED) is 0.603. The van der Waals surface area contributed by atoms with E-state index in [1.165, 1.54) is 31.4 Å². The summed E-state index contributed by atoms with van der Waals surface area (Å²) in [6, 6.07) is 10.7. The van der Waals surface area contributed by atoms with Gasteiger partial charge in [-0.1, -0.05) is 18.2 Å². The Balaban J connectivity index is 1.97. The second kappa shape index (κ2) is 9.38. The molecule has 2 rings (SSSR count). The lowest BCUT2D eigenvalue weighted by Crippen LogP contribution is -2.40. The smallest absolute Gasteiger partial charge is 0.269 e. The van der Waals surface area contributed by atoms with Crippen molar-refractivity contribution >= 4 is 17.9 Å². The van der Waals surface area contributed by atoms with Gasteiger partial charge in [0.15, 0.2) is 11.5 Å². The second-order valence-electron chi connectivity index (χ2n) is 5.83. The summed E-state index contributed by atoms with van der Waals surface area (Å²) < 4.78 is 24.3. The summed E-state index contributed by atoms with van der Waals surface area (Å²) >= 11 is 0. The molecule has 0 unspecified atom stereocenters. The SMILES string of the molecule is COc1cc(C(=O)NNC(=O)/C=C/c2ccccc2F)ccc1OC(C)C. The molecule has 2 amide bonds. The molecule has 0 bridgehead atoms. The van der Waals surface area contributed by atoms with Gasteiger partial charge in [0.05, 0.1) is 13.2 Å². The van der Waals surface area contributed by atoms with Crippen molar-refractivity contribution in [1.82, 2.24) is 10.9 Å². The van der Waals surface area contributed by atoms with Crippen LogP contribution in [0.15, 0.2) is 48.5 Å². The number of hydrogen-bond donors (Lipinski definition) is 2. The average Bonchev–Trinajstić information content (AvgIpc) is 2.65. The summed E-state index contributed by atoms with van der Waals surface area (Å²) in [7, 11) is 1.47. The topological polar surface area (TPSA) is 76.7 Å². The monoisotopic (exact) mass is 372 g/mol. The highest BCUT2D eigenvalue weighted by molar-refractivity contribution is 5.98. The maximum Gasteiger partial charge on any atom is 0.269 e. The third kappa shape index (κ3) is 5.85. The number of methoxy groups -OCH3 is 1. The number of rotatable bonds is 6. The van der Waals surface area contributed by atoms with Crippen molar-refractivity contribution in [3.05, 3.63) is 65.5 Å². The van der Waals surface area contributed by atoms with Gasteiger partial charge in [0.2, 0.25) is 0 Å². The number of hydrogen-bond acceptors (Lipinski definition) is 4. The van der Waals surface area contributed by atoms with Gasteiger partial charge in [0, 0.05) is 17.2 Å². The molecule has 0 fully saturated rings. The number of carbonyl (C=O) groups is 2. The highest BCUT2D eigenvalue weighted by atomic mass is 19.1. The minimum Gasteiger partial charge on any atom is -0.493 e. The predicted octanol–water partition coefficient (Wildman–Crippen LogP) is 3.10. The van der Waals surface area contributed by atoms with E-state index in [0.717, 1.165) is 6.08 Å². The molecule has 0 spiro atoms. The van der Waals surface area contributed by atoms with Crippen LogP contribution in [0.2, 0.25) is 0 Å². The molecule has 2 aromatic carbocycles. The number of carbonyl (C=O) groups excluding carboxylic acids is 2. The molecular weight excluding hydrogens is 351 g/mol. The van der Waals surface area contributed by atoms with E-state index in [2.05, 4.69) is 10.9 Å². The van der Waals surface area contributed by atoms with Crippen LogP contribution in [0.3, 0.4) is 0 Å². The second-order valence-corrected chi connectivity index (χ2v) is 5.83. The van der Waals surface area contributed by atoms with Crippen molar-refractivity contribution in [2.75, 3.05) is 7.11 Å². The van der Waals surface area contributed by atoms with Gasteiger partial charge in [-0.2, -0.15) is 0 Å². The highest BCUT2D eigenvalue weighted by Crippen LogP contribution is 2.28. The Labute approximate surface area is 157 Å². The predicted molar refractivity (Wildman–Crippen MR) is 99.8 cm³/mol. The summed E-state index contributed by atoms with van der Waals surface area (Å²) in [6.07, 6.45) is 2.40. The molecule has 0 aliphatic carbocycles. The Bertz CT molecular complexity index is 850. The van der Waals surface area contributed by atoms with Gasteiger partial charge in [-0.15, -0.1) is 0 Å². The minimum atomic E-state index is -0.599. The fraction of sp³-hybridized carbons (Fsp3) is 0.200. The molecule has 0 heterocycles. The summed E-state index contributed by atoms with van der Waals surface area (Å²) in [5, 5.41) is 0. The molecule has 2 N–H and O–H groups in total. The molecule has 6 nitrogen and oxygen atoms in total. The molecule has 27 heavy (non-hydrogen) atoms. The van der Waals surface area contributed by atoms with E-state index in [1.54, 1.807) is 24.3 Å². The van der Waals surface area contributed by atoms with E-state index >= 15 is 0 Å². The van der Waals surface area contributed by atoms with Crippen LogP contribution < -0.4 is 20.3 Å². The fourth-order valence-corrected chi connectivity index (χ4v) is 2.17. The van der Waals surface area contributed by atoms with Gasteiger partial charge in [0.1, 0.15) is 5.82 Å². The minimum absolute atomic E-state index is 0.0425. The lowest BCUT2D eigenvalue weighted by molar-refractivity contribution is -0.117. The van der Waals surface area contributed by atoms with E-state index in [-0.39, 0.29) is 17.2 Å². The van der Waals surface area contributed by atoms with Crippen molar-refractivity contribution < 1.29 is 23.5 Å². The van der Waals surface area contributed by atoms with Crippen molar-refractivity contribution in [3.63, 3.8) is 0 Å². The molecule has 142 valence electrons. The first kappa shape index (κ1) is 20.0. The van der Waals surface area contributed by atoms with Crippen molar-refractivity contribution in [3.8, 4) is 11.5 Å². The fourth-order valence-electron chi connectivity index (χ4n) is 2.17. The van der Waals surface area contributed by atoms with E-state index in [1.807, 2.05) is 13.8 Å². The van der Waals surface area contributed by atoms with Crippen LogP contribution in [-0.2, 0) is 4.79 Å². The number of halogens is 1. The van der Waals surface area contributed by atoms with E-state index < -0.39 is 17.6 Å². The molecule has 0 atom stereocenters. The van der Waals surface area contributed by atoms with Crippen LogP contribution in [0, 0.1) is 5.82 Å². The summed E-state index contributed by atoms with van der Waals surface area (Å²) in [6.45, 7) is 3.76. The first-order valence-corrected chi connectivity index (χ1v) is 8.28. The largest absolute Gasteiger partial charge is 0.493 e. The van der Waals surface area contributed by atoms with Crippen LogP contribution in [0.4, 0.5) is 4.39 Å². The zero-order valence-corrected chi connectivity index (χ0v) is 15.3. The summed E-state index contributed by atoms with van der Waals surface area (Å²) in [5.41, 5.74) is 5.06. The Kier molecular flexibility index (Phi) is 6.93. The molecule has 0 aliphatic heterocycles. The van der Waals surface area contributed by atoms with Gasteiger partial charge < -0.3 is 9.47 Å². The molecule has 2 aromatic rings. The summed E-state index contributed by atoms with van der Waals surface area (Å²) in [5.74, 6) is -0.653. The van der Waals surface area contributed by atoms with Crippen LogP contribution in [0.5, 0.6) is 11.5 Å². The van der Waals surface area contributed by atoms with Crippen molar-refractivity contribution in [2.45, 2.75) is 20.0 Å². The standard InChI is InChI=1S/C20H21FN2O4/c1-13(2)27-17-10-8-15(12-18(17)26-3)20(25)23-22-19(24)11-9-14-6-4-5-7-16(14)21/h4-13H,1-3H3,(H,22,24)(H,23,25)/b11-9+. The van der Waals surface area contributed by atoms with Gasteiger partial charge in [0.25, 0.3) is 11.8 Å². The molecule has 0 aliphatic rings. The van der Waals surface area contributed by atoms with Gasteiger partial charge in [-0.05, 0) is 44.2 Å². The third-order valence-corrected chi connectivity index (χ3v) is 3.41. The molecule has 7 heteroatoms. The first-order chi connectivity index (χ1) is 12.9. The zero-order chi connectivity index (χ0) is 19.8. The molecule has 0 saturated carbocycles. The maximum absolute atomic E-state index is 13.5. The first-order valence-electron chi connectivity index (χ1n) is 8.28. The van der Waals surface area contributed by atoms with Crippen LogP contribution in [-0.4, -0.2) is 25.0 Å². The number of benzene rings is 2. The Morgan fingerprint density at radius 2 is 1.81 bits per heavy atom. The van der Waals surface area contributed by atoms with Gasteiger partial charge >= 0.3 is 0 Å². The van der Waals surface area contributed by atoms with Crippen LogP contribution in [0.25, 0.3) is 6.08 Å². The Hall–Kier alpha value is -3.35. The molecule has 0 radical (unpaired) electrons. The number of amides is 2. The Morgan fingerprint density at radius 3 is 2.48 bits per heavy atom. The van der Waals surface area contributed by atoms with E-state index in [0.29, 0.717) is 11.5 Å². The normalized spacial score (nSPS) is 10.7. The average molecular weight is 372 g/mol. The highest BCUT2D eigenvalue weighted by Gasteiger charge is 2.12. The Morgan fingerprint density at radius 1 is 1.07 bits per heavy atom. The van der Waals surface area contributed by atoms with E-state index in [9.17, 15) is 14.0 Å². The van der Waals surface area contributed by atoms with Gasteiger partial charge in [-0.25, -0.2) is 4.39 Å². The van der Waals surface area contributed by atoms with Crippen LogP contribution in [0.1, 0.15) is 29.8 Å². The van der Waals surface area contributed by atoms with Crippen molar-refractivity contribution in [1.29, 1.82) is 0 Å². The lowest BCUT2D eigenvalue weighted by Gasteiger charge is -2.14.